The Balaban J connectivity index is 1.69. The van der Waals surface area contributed by atoms with Crippen molar-refractivity contribution in [1.29, 1.82) is 0 Å². The molecule has 0 spiro atoms. The maximum Gasteiger partial charge on any atom is 0.255 e. The van der Waals surface area contributed by atoms with Crippen LogP contribution in [0.1, 0.15) is 32.0 Å². The average molecular weight is 380 g/mol. The molecule has 7 heteroatoms. The van der Waals surface area contributed by atoms with Crippen molar-refractivity contribution in [2.75, 3.05) is 14.1 Å². The number of hydrogen-bond donors (Lipinski definition) is 1. The molecule has 0 aliphatic heterocycles. The topological polar surface area (TPSA) is 67.2 Å². The maximum atomic E-state index is 14.0. The highest BCUT2D eigenvalue weighted by atomic mass is 19.1. The van der Waals surface area contributed by atoms with Gasteiger partial charge in [-0.2, -0.15) is 5.10 Å². The Bertz CT molecular complexity index is 1010. The maximum absolute atomic E-state index is 14.0. The first-order chi connectivity index (χ1) is 13.4. The third kappa shape index (κ3) is 3.93. The predicted octanol–water partition coefficient (Wildman–Crippen LogP) is 2.95. The van der Waals surface area contributed by atoms with Gasteiger partial charge in [0.2, 0.25) is 0 Å². The fraction of sp³-hybridized carbons (Fsp3) is 0.190. The van der Waals surface area contributed by atoms with Crippen molar-refractivity contribution in [2.45, 2.75) is 13.5 Å². The smallest absolute Gasteiger partial charge is 0.255 e. The molecule has 0 fully saturated rings. The van der Waals surface area contributed by atoms with Gasteiger partial charge in [-0.05, 0) is 36.8 Å². The molecule has 28 heavy (non-hydrogen) atoms. The van der Waals surface area contributed by atoms with Crippen molar-refractivity contribution < 1.29 is 14.0 Å². The molecule has 6 nitrogen and oxygen atoms in total. The molecule has 0 saturated carbocycles. The van der Waals surface area contributed by atoms with Gasteiger partial charge in [0.05, 0.1) is 17.5 Å². The SMILES string of the molecule is Cc1c(C(=O)NCc2ccc(C(=O)N(C)C)cc2)cnn1-c1ccccc1F. The highest BCUT2D eigenvalue weighted by Crippen LogP contribution is 2.17. The lowest BCUT2D eigenvalue weighted by Gasteiger charge is -2.11. The van der Waals surface area contributed by atoms with Gasteiger partial charge in [0, 0.05) is 26.2 Å². The number of nitrogens with zero attached hydrogens (tertiary/aromatic N) is 3. The molecule has 1 N–H and O–H groups in total. The summed E-state index contributed by atoms with van der Waals surface area (Å²) in [5, 5.41) is 6.97. The van der Waals surface area contributed by atoms with E-state index in [0.717, 1.165) is 5.56 Å². The zero-order valence-corrected chi connectivity index (χ0v) is 15.9. The molecular formula is C21H21FN4O2. The quantitative estimate of drug-likeness (QED) is 0.740. The van der Waals surface area contributed by atoms with Crippen LogP contribution in [-0.4, -0.2) is 40.6 Å². The van der Waals surface area contributed by atoms with E-state index in [-0.39, 0.29) is 11.8 Å². The monoisotopic (exact) mass is 380 g/mol. The molecule has 144 valence electrons. The second-order valence-corrected chi connectivity index (χ2v) is 6.59. The van der Waals surface area contributed by atoms with E-state index in [2.05, 4.69) is 10.4 Å². The zero-order chi connectivity index (χ0) is 20.3. The Kier molecular flexibility index (Phi) is 5.54. The highest BCUT2D eigenvalue weighted by molar-refractivity contribution is 5.95. The van der Waals surface area contributed by atoms with Crippen LogP contribution in [0, 0.1) is 12.7 Å². The molecule has 0 saturated heterocycles. The van der Waals surface area contributed by atoms with E-state index in [9.17, 15) is 14.0 Å². The van der Waals surface area contributed by atoms with Gasteiger partial charge in [0.15, 0.2) is 0 Å². The number of amides is 2. The Labute approximate surface area is 162 Å². The largest absolute Gasteiger partial charge is 0.348 e. The van der Waals surface area contributed by atoms with Gasteiger partial charge in [0.1, 0.15) is 11.5 Å². The zero-order valence-electron chi connectivity index (χ0n) is 15.9. The summed E-state index contributed by atoms with van der Waals surface area (Å²) < 4.78 is 15.4. The summed E-state index contributed by atoms with van der Waals surface area (Å²) in [4.78, 5) is 25.9. The number of hydrogen-bond acceptors (Lipinski definition) is 3. The molecule has 0 atom stereocenters. The molecule has 1 heterocycles. The molecule has 2 aromatic carbocycles. The lowest BCUT2D eigenvalue weighted by Crippen LogP contribution is -2.24. The predicted molar refractivity (Wildman–Crippen MR) is 104 cm³/mol. The first-order valence-electron chi connectivity index (χ1n) is 8.77. The van der Waals surface area contributed by atoms with E-state index >= 15 is 0 Å². The summed E-state index contributed by atoms with van der Waals surface area (Å²) in [5.74, 6) is -0.784. The molecule has 0 aliphatic rings. The number of benzene rings is 2. The van der Waals surface area contributed by atoms with Crippen molar-refractivity contribution in [3.8, 4) is 5.69 Å². The van der Waals surface area contributed by atoms with Crippen LogP contribution in [0.2, 0.25) is 0 Å². The van der Waals surface area contributed by atoms with Gasteiger partial charge >= 0.3 is 0 Å². The standard InChI is InChI=1S/C21H21FN4O2/c1-14-17(13-24-26(14)19-7-5-4-6-18(19)22)20(27)23-12-15-8-10-16(11-9-15)21(28)25(2)3/h4-11,13H,12H2,1-3H3,(H,23,27). The fourth-order valence-electron chi connectivity index (χ4n) is 2.80. The third-order valence-electron chi connectivity index (χ3n) is 4.40. The number of nitrogens with one attached hydrogen (secondary N) is 1. The molecular weight excluding hydrogens is 359 g/mol. The van der Waals surface area contributed by atoms with Gasteiger partial charge in [-0.3, -0.25) is 9.59 Å². The van der Waals surface area contributed by atoms with Crippen LogP contribution >= 0.6 is 0 Å². The number of rotatable bonds is 5. The molecule has 0 aliphatic carbocycles. The van der Waals surface area contributed by atoms with Gasteiger partial charge in [-0.15, -0.1) is 0 Å². The first-order valence-corrected chi connectivity index (χ1v) is 8.77. The van der Waals surface area contributed by atoms with Crippen molar-refractivity contribution in [3.05, 3.63) is 82.9 Å². The minimum atomic E-state index is -0.409. The lowest BCUT2D eigenvalue weighted by molar-refractivity contribution is 0.0827. The molecule has 0 bridgehead atoms. The molecule has 3 aromatic rings. The number of aromatic nitrogens is 2. The fourth-order valence-corrected chi connectivity index (χ4v) is 2.80. The van der Waals surface area contributed by atoms with E-state index in [1.807, 2.05) is 0 Å². The average Bonchev–Trinajstić information content (AvgIpc) is 3.07. The van der Waals surface area contributed by atoms with Crippen molar-refractivity contribution in [1.82, 2.24) is 20.0 Å². The minimum absolute atomic E-state index is 0.0771. The molecule has 1 aromatic heterocycles. The van der Waals surface area contributed by atoms with Crippen LogP contribution < -0.4 is 5.32 Å². The summed E-state index contributed by atoms with van der Waals surface area (Å²) in [7, 11) is 3.39. The Hall–Kier alpha value is -3.48. The second-order valence-electron chi connectivity index (χ2n) is 6.59. The van der Waals surface area contributed by atoms with Crippen LogP contribution in [0.5, 0.6) is 0 Å². The first kappa shape index (κ1) is 19.3. The Morgan fingerprint density at radius 2 is 1.79 bits per heavy atom. The van der Waals surface area contributed by atoms with Crippen LogP contribution in [0.3, 0.4) is 0 Å². The Morgan fingerprint density at radius 1 is 1.11 bits per heavy atom. The van der Waals surface area contributed by atoms with Gasteiger partial charge in [0.25, 0.3) is 11.8 Å². The van der Waals surface area contributed by atoms with Crippen LogP contribution in [0.15, 0.2) is 54.7 Å². The summed E-state index contributed by atoms with van der Waals surface area (Å²) in [6.45, 7) is 2.02. The summed E-state index contributed by atoms with van der Waals surface area (Å²) >= 11 is 0. The van der Waals surface area contributed by atoms with E-state index < -0.39 is 5.82 Å². The van der Waals surface area contributed by atoms with Crippen molar-refractivity contribution in [2.24, 2.45) is 0 Å². The number of carbonyl (C=O) groups excluding carboxylic acids is 2. The molecule has 3 rings (SSSR count). The molecule has 0 unspecified atom stereocenters. The normalized spacial score (nSPS) is 10.6. The van der Waals surface area contributed by atoms with Crippen molar-refractivity contribution in [3.63, 3.8) is 0 Å². The third-order valence-corrected chi connectivity index (χ3v) is 4.40. The van der Waals surface area contributed by atoms with E-state index in [0.29, 0.717) is 29.1 Å². The molecule has 2 amide bonds. The van der Waals surface area contributed by atoms with Gasteiger partial charge in [-0.25, -0.2) is 9.07 Å². The number of carbonyl (C=O) groups is 2. The minimum Gasteiger partial charge on any atom is -0.348 e. The van der Waals surface area contributed by atoms with Gasteiger partial charge < -0.3 is 10.2 Å². The number of para-hydroxylation sites is 1. The summed E-state index contributed by atoms with van der Waals surface area (Å²) in [6.07, 6.45) is 1.43. The van der Waals surface area contributed by atoms with E-state index in [1.165, 1.54) is 21.8 Å². The number of halogens is 1. The Morgan fingerprint density at radius 3 is 2.43 bits per heavy atom. The van der Waals surface area contributed by atoms with E-state index in [1.54, 1.807) is 63.5 Å². The molecule has 0 radical (unpaired) electrons. The van der Waals surface area contributed by atoms with Crippen LogP contribution in [0.4, 0.5) is 4.39 Å². The van der Waals surface area contributed by atoms with Gasteiger partial charge in [-0.1, -0.05) is 24.3 Å². The van der Waals surface area contributed by atoms with Crippen LogP contribution in [0.25, 0.3) is 5.69 Å². The summed E-state index contributed by atoms with van der Waals surface area (Å²) in [5.41, 5.74) is 2.67. The van der Waals surface area contributed by atoms with Crippen LogP contribution in [-0.2, 0) is 6.54 Å². The highest BCUT2D eigenvalue weighted by Gasteiger charge is 2.16. The van der Waals surface area contributed by atoms with Crippen molar-refractivity contribution >= 4 is 11.8 Å². The summed E-state index contributed by atoms with van der Waals surface area (Å²) in [6, 6.07) is 13.3. The van der Waals surface area contributed by atoms with E-state index in [4.69, 9.17) is 0 Å². The second kappa shape index (κ2) is 8.04. The lowest BCUT2D eigenvalue weighted by atomic mass is 10.1.